The zero-order valence-corrected chi connectivity index (χ0v) is 9.03. The lowest BCUT2D eigenvalue weighted by atomic mass is 10.1. The summed E-state index contributed by atoms with van der Waals surface area (Å²) in [5, 5.41) is 6.14. The fourth-order valence-electron chi connectivity index (χ4n) is 1.45. The van der Waals surface area contributed by atoms with Gasteiger partial charge in [-0.2, -0.15) is 0 Å². The predicted molar refractivity (Wildman–Crippen MR) is 54.7 cm³/mol. The summed E-state index contributed by atoms with van der Waals surface area (Å²) in [6, 6.07) is 0.398. The minimum Gasteiger partial charge on any atom is -0.456 e. The van der Waals surface area contributed by atoms with Crippen molar-refractivity contribution < 1.29 is 19.1 Å². The van der Waals surface area contributed by atoms with Crippen molar-refractivity contribution in [2.75, 3.05) is 26.3 Å². The van der Waals surface area contributed by atoms with Crippen LogP contribution >= 0.6 is 0 Å². The van der Waals surface area contributed by atoms with Crippen molar-refractivity contribution in [1.29, 1.82) is 0 Å². The lowest BCUT2D eigenvalue weighted by Crippen LogP contribution is -2.47. The molecule has 16 heavy (non-hydrogen) atoms. The van der Waals surface area contributed by atoms with Crippen LogP contribution in [-0.4, -0.2) is 50.3 Å². The van der Waals surface area contributed by atoms with E-state index in [1.165, 1.54) is 0 Å². The van der Waals surface area contributed by atoms with Crippen molar-refractivity contribution in [2.24, 2.45) is 0 Å². The predicted octanol–water partition coefficient (Wildman–Crippen LogP) is -1.20. The quantitative estimate of drug-likeness (QED) is 0.465. The molecule has 2 saturated heterocycles. The Morgan fingerprint density at radius 3 is 1.56 bits per heavy atom. The van der Waals surface area contributed by atoms with Crippen LogP contribution < -0.4 is 10.6 Å². The van der Waals surface area contributed by atoms with Gasteiger partial charge in [0.15, 0.2) is 0 Å². The van der Waals surface area contributed by atoms with E-state index in [9.17, 15) is 9.59 Å². The maximum Gasteiger partial charge on any atom is 0.417 e. The molecule has 0 amide bonds. The van der Waals surface area contributed by atoms with Crippen LogP contribution in [0.3, 0.4) is 0 Å². The van der Waals surface area contributed by atoms with Gasteiger partial charge in [-0.05, 0) is 25.9 Å². The summed E-state index contributed by atoms with van der Waals surface area (Å²) in [5.74, 6) is -1.79. The first-order chi connectivity index (χ1) is 7.75. The van der Waals surface area contributed by atoms with Gasteiger partial charge in [0.1, 0.15) is 13.2 Å². The van der Waals surface area contributed by atoms with Gasteiger partial charge in [-0.15, -0.1) is 0 Å². The molecule has 0 aromatic rings. The number of nitrogens with one attached hydrogen (secondary N) is 2. The van der Waals surface area contributed by atoms with Gasteiger partial charge in [0.2, 0.25) is 0 Å². The molecule has 2 unspecified atom stereocenters. The highest BCUT2D eigenvalue weighted by Gasteiger charge is 2.24. The molecular formula is C10H16N2O4. The molecule has 2 N–H and O–H groups in total. The summed E-state index contributed by atoms with van der Waals surface area (Å²) in [5.41, 5.74) is 0. The fraction of sp³-hybridized carbons (Fsp3) is 0.800. The van der Waals surface area contributed by atoms with Crippen LogP contribution in [0.5, 0.6) is 0 Å². The van der Waals surface area contributed by atoms with Crippen molar-refractivity contribution in [3.05, 3.63) is 0 Å². The van der Waals surface area contributed by atoms with Crippen LogP contribution in [0, 0.1) is 0 Å². The van der Waals surface area contributed by atoms with Crippen LogP contribution in [0.2, 0.25) is 0 Å². The SMILES string of the molecule is O=C(OCC1CCN1)C(=O)OCC1CCN1. The third kappa shape index (κ3) is 2.93. The molecule has 0 radical (unpaired) electrons. The van der Waals surface area contributed by atoms with Gasteiger partial charge in [0.05, 0.1) is 0 Å². The first-order valence-corrected chi connectivity index (χ1v) is 5.56. The Bertz CT molecular complexity index is 246. The molecule has 0 spiro atoms. The number of hydrogen-bond donors (Lipinski definition) is 2. The molecule has 2 fully saturated rings. The summed E-state index contributed by atoms with van der Waals surface area (Å²) in [7, 11) is 0. The Hall–Kier alpha value is -1.14. The smallest absolute Gasteiger partial charge is 0.417 e. The normalized spacial score (nSPS) is 27.5. The van der Waals surface area contributed by atoms with Gasteiger partial charge in [-0.3, -0.25) is 0 Å². The first-order valence-electron chi connectivity index (χ1n) is 5.56. The topological polar surface area (TPSA) is 76.7 Å². The fourth-order valence-corrected chi connectivity index (χ4v) is 1.45. The molecule has 0 aliphatic carbocycles. The molecule has 0 aromatic carbocycles. The average Bonchev–Trinajstić information content (AvgIpc) is 2.12. The van der Waals surface area contributed by atoms with Gasteiger partial charge in [-0.1, -0.05) is 0 Å². The minimum absolute atomic E-state index is 0.199. The number of hydrogen-bond acceptors (Lipinski definition) is 6. The van der Waals surface area contributed by atoms with Crippen LogP contribution in [0.15, 0.2) is 0 Å². The highest BCUT2D eigenvalue weighted by molar-refractivity contribution is 6.29. The first kappa shape index (κ1) is 11.3. The van der Waals surface area contributed by atoms with Crippen LogP contribution in [0.25, 0.3) is 0 Å². The molecule has 2 aliphatic heterocycles. The molecule has 90 valence electrons. The van der Waals surface area contributed by atoms with E-state index in [4.69, 9.17) is 9.47 Å². The van der Waals surface area contributed by atoms with Crippen LogP contribution in [0.4, 0.5) is 0 Å². The molecular weight excluding hydrogens is 212 g/mol. The monoisotopic (exact) mass is 228 g/mol. The maximum atomic E-state index is 11.2. The van der Waals surface area contributed by atoms with Crippen molar-refractivity contribution in [3.63, 3.8) is 0 Å². The number of carbonyl (C=O) groups is 2. The van der Waals surface area contributed by atoms with E-state index in [0.29, 0.717) is 0 Å². The van der Waals surface area contributed by atoms with Gasteiger partial charge in [0, 0.05) is 12.1 Å². The molecule has 0 saturated carbocycles. The van der Waals surface area contributed by atoms with E-state index in [1.54, 1.807) is 0 Å². The van der Waals surface area contributed by atoms with E-state index in [0.717, 1.165) is 25.9 Å². The molecule has 2 heterocycles. The van der Waals surface area contributed by atoms with Crippen molar-refractivity contribution >= 4 is 11.9 Å². The van der Waals surface area contributed by atoms with Crippen LogP contribution in [-0.2, 0) is 19.1 Å². The second-order valence-electron chi connectivity index (χ2n) is 4.08. The van der Waals surface area contributed by atoms with Gasteiger partial charge in [0.25, 0.3) is 0 Å². The summed E-state index contributed by atoms with van der Waals surface area (Å²) < 4.78 is 9.59. The zero-order chi connectivity index (χ0) is 11.4. The van der Waals surface area contributed by atoms with Crippen LogP contribution in [0.1, 0.15) is 12.8 Å². The van der Waals surface area contributed by atoms with Gasteiger partial charge < -0.3 is 20.1 Å². The largest absolute Gasteiger partial charge is 0.456 e. The summed E-state index contributed by atoms with van der Waals surface area (Å²) >= 11 is 0. The van der Waals surface area contributed by atoms with Crippen molar-refractivity contribution in [2.45, 2.75) is 24.9 Å². The minimum atomic E-state index is -0.895. The van der Waals surface area contributed by atoms with E-state index in [2.05, 4.69) is 10.6 Å². The lowest BCUT2D eigenvalue weighted by molar-refractivity contribution is -0.169. The summed E-state index contributed by atoms with van der Waals surface area (Å²) in [4.78, 5) is 22.3. The number of carbonyl (C=O) groups excluding carboxylic acids is 2. The maximum absolute atomic E-state index is 11.2. The van der Waals surface area contributed by atoms with E-state index in [-0.39, 0.29) is 25.3 Å². The van der Waals surface area contributed by atoms with Crippen molar-refractivity contribution in [1.82, 2.24) is 10.6 Å². The summed E-state index contributed by atoms with van der Waals surface area (Å²) in [6.45, 7) is 2.38. The van der Waals surface area contributed by atoms with Gasteiger partial charge >= 0.3 is 11.9 Å². The molecule has 0 bridgehead atoms. The second-order valence-corrected chi connectivity index (χ2v) is 4.08. The van der Waals surface area contributed by atoms with E-state index in [1.807, 2.05) is 0 Å². The highest BCUT2D eigenvalue weighted by atomic mass is 16.6. The molecule has 2 rings (SSSR count). The number of ether oxygens (including phenoxy) is 2. The average molecular weight is 228 g/mol. The number of rotatable bonds is 4. The second kappa shape index (κ2) is 5.27. The van der Waals surface area contributed by atoms with Gasteiger partial charge in [-0.25, -0.2) is 9.59 Å². The summed E-state index contributed by atoms with van der Waals surface area (Å²) in [6.07, 6.45) is 1.96. The zero-order valence-electron chi connectivity index (χ0n) is 9.03. The highest BCUT2D eigenvalue weighted by Crippen LogP contribution is 2.04. The Morgan fingerprint density at radius 2 is 1.31 bits per heavy atom. The molecule has 0 aromatic heterocycles. The number of esters is 2. The molecule has 6 nitrogen and oxygen atoms in total. The van der Waals surface area contributed by atoms with E-state index < -0.39 is 11.9 Å². The Labute approximate surface area is 93.7 Å². The standard InChI is InChI=1S/C10H16N2O4/c13-9(15-5-7-1-3-11-7)10(14)16-6-8-2-4-12-8/h7-8,11-12H,1-6H2. The Morgan fingerprint density at radius 1 is 0.938 bits per heavy atom. The Balaban J connectivity index is 1.57. The third-order valence-electron chi connectivity index (χ3n) is 2.85. The Kier molecular flexibility index (Phi) is 3.74. The molecule has 2 atom stereocenters. The molecule has 2 aliphatic rings. The lowest BCUT2D eigenvalue weighted by Gasteiger charge is -2.27. The molecule has 6 heteroatoms. The van der Waals surface area contributed by atoms with Crippen molar-refractivity contribution in [3.8, 4) is 0 Å². The van der Waals surface area contributed by atoms with E-state index >= 15 is 0 Å². The third-order valence-corrected chi connectivity index (χ3v) is 2.85.